The average Bonchev–Trinajstić information content (AvgIpc) is 2.63. The predicted molar refractivity (Wildman–Crippen MR) is 94.3 cm³/mol. The Morgan fingerprint density at radius 3 is 2.48 bits per heavy atom. The number of halogens is 1. The highest BCUT2D eigenvalue weighted by molar-refractivity contribution is 6.08. The van der Waals surface area contributed by atoms with Crippen LogP contribution < -0.4 is 10.9 Å². The normalized spacial score (nSPS) is 10.9. The van der Waals surface area contributed by atoms with Gasteiger partial charge in [-0.1, -0.05) is 30.3 Å². The van der Waals surface area contributed by atoms with Gasteiger partial charge in [0.05, 0.1) is 0 Å². The molecule has 0 aliphatic heterocycles. The van der Waals surface area contributed by atoms with E-state index in [-0.39, 0.29) is 11.3 Å². The molecule has 3 aromatic carbocycles. The van der Waals surface area contributed by atoms with E-state index in [1.807, 2.05) is 30.3 Å². The Labute approximate surface area is 141 Å². The SMILES string of the molecule is O=C(Nc1cc2c(ccc3ccccc32)oc1=O)c1ccc(F)cc1. The van der Waals surface area contributed by atoms with E-state index in [9.17, 15) is 14.0 Å². The molecular formula is C20H12FNO3. The maximum Gasteiger partial charge on any atom is 0.360 e. The van der Waals surface area contributed by atoms with Crippen LogP contribution in [0.25, 0.3) is 21.7 Å². The smallest absolute Gasteiger partial charge is 0.360 e. The van der Waals surface area contributed by atoms with Gasteiger partial charge in [-0.25, -0.2) is 9.18 Å². The fraction of sp³-hybridized carbons (Fsp3) is 0. The van der Waals surface area contributed by atoms with Crippen LogP contribution in [0.1, 0.15) is 10.4 Å². The van der Waals surface area contributed by atoms with Crippen molar-refractivity contribution in [1.82, 2.24) is 0 Å². The highest BCUT2D eigenvalue weighted by Gasteiger charge is 2.12. The van der Waals surface area contributed by atoms with Crippen LogP contribution in [0, 0.1) is 5.82 Å². The minimum Gasteiger partial charge on any atom is -0.421 e. The van der Waals surface area contributed by atoms with Crippen molar-refractivity contribution in [2.24, 2.45) is 0 Å². The van der Waals surface area contributed by atoms with Crippen LogP contribution >= 0.6 is 0 Å². The second-order valence-corrected chi connectivity index (χ2v) is 5.61. The van der Waals surface area contributed by atoms with Crippen LogP contribution in [-0.4, -0.2) is 5.91 Å². The minimum absolute atomic E-state index is 0.0400. The van der Waals surface area contributed by atoms with Crippen LogP contribution in [0.15, 0.2) is 75.9 Å². The average molecular weight is 333 g/mol. The Morgan fingerprint density at radius 2 is 1.68 bits per heavy atom. The summed E-state index contributed by atoms with van der Waals surface area (Å²) in [4.78, 5) is 24.4. The highest BCUT2D eigenvalue weighted by atomic mass is 19.1. The first-order valence-electron chi connectivity index (χ1n) is 7.64. The lowest BCUT2D eigenvalue weighted by Crippen LogP contribution is -2.17. The maximum atomic E-state index is 13.0. The lowest BCUT2D eigenvalue weighted by molar-refractivity contribution is 0.102. The molecule has 4 nitrogen and oxygen atoms in total. The third-order valence-electron chi connectivity index (χ3n) is 4.00. The lowest BCUT2D eigenvalue weighted by Gasteiger charge is -2.07. The van der Waals surface area contributed by atoms with Gasteiger partial charge in [-0.05, 0) is 47.2 Å². The Bertz CT molecular complexity index is 1160. The number of carbonyl (C=O) groups excluding carboxylic acids is 1. The maximum absolute atomic E-state index is 13.0. The summed E-state index contributed by atoms with van der Waals surface area (Å²) < 4.78 is 18.3. The van der Waals surface area contributed by atoms with Crippen molar-refractivity contribution in [1.29, 1.82) is 0 Å². The van der Waals surface area contributed by atoms with Crippen LogP contribution in [0.4, 0.5) is 10.1 Å². The zero-order valence-electron chi connectivity index (χ0n) is 13.0. The van der Waals surface area contributed by atoms with Crippen molar-refractivity contribution < 1.29 is 13.6 Å². The van der Waals surface area contributed by atoms with Crippen molar-refractivity contribution in [3.8, 4) is 0 Å². The molecule has 4 aromatic rings. The Kier molecular flexibility index (Phi) is 3.54. The molecule has 1 N–H and O–H groups in total. The molecular weight excluding hydrogens is 321 g/mol. The predicted octanol–water partition coefficient (Wildman–Crippen LogP) is 4.34. The fourth-order valence-electron chi connectivity index (χ4n) is 2.75. The molecule has 1 amide bonds. The van der Waals surface area contributed by atoms with E-state index in [1.165, 1.54) is 24.3 Å². The third kappa shape index (κ3) is 2.76. The van der Waals surface area contributed by atoms with Crippen molar-refractivity contribution in [3.63, 3.8) is 0 Å². The molecule has 5 heteroatoms. The van der Waals surface area contributed by atoms with Gasteiger partial charge in [0.25, 0.3) is 5.91 Å². The molecule has 1 aromatic heterocycles. The number of amides is 1. The van der Waals surface area contributed by atoms with Gasteiger partial charge in [-0.2, -0.15) is 0 Å². The Morgan fingerprint density at radius 1 is 0.920 bits per heavy atom. The standard InChI is InChI=1S/C20H12FNO3/c21-14-8-5-13(6-9-14)19(23)22-17-11-16-15-4-2-1-3-12(15)7-10-18(16)25-20(17)24/h1-11H,(H,22,23). The molecule has 0 atom stereocenters. The summed E-state index contributed by atoms with van der Waals surface area (Å²) in [5.41, 5.74) is 0.0960. The van der Waals surface area contributed by atoms with E-state index in [2.05, 4.69) is 5.32 Å². The molecule has 0 saturated heterocycles. The van der Waals surface area contributed by atoms with Gasteiger partial charge in [0.2, 0.25) is 0 Å². The second-order valence-electron chi connectivity index (χ2n) is 5.61. The number of nitrogens with one attached hydrogen (secondary N) is 1. The van der Waals surface area contributed by atoms with Gasteiger partial charge < -0.3 is 9.73 Å². The molecule has 0 fully saturated rings. The van der Waals surface area contributed by atoms with Gasteiger partial charge >= 0.3 is 5.63 Å². The van der Waals surface area contributed by atoms with Crippen molar-refractivity contribution in [3.05, 3.63) is 88.5 Å². The molecule has 0 radical (unpaired) electrons. The van der Waals surface area contributed by atoms with E-state index in [1.54, 1.807) is 12.1 Å². The van der Waals surface area contributed by atoms with E-state index in [0.717, 1.165) is 16.2 Å². The summed E-state index contributed by atoms with van der Waals surface area (Å²) in [6.07, 6.45) is 0. The van der Waals surface area contributed by atoms with Gasteiger partial charge in [0.15, 0.2) is 0 Å². The largest absolute Gasteiger partial charge is 0.421 e. The van der Waals surface area contributed by atoms with E-state index < -0.39 is 17.3 Å². The van der Waals surface area contributed by atoms with Crippen LogP contribution in [0.2, 0.25) is 0 Å². The fourth-order valence-corrected chi connectivity index (χ4v) is 2.75. The minimum atomic E-state index is -0.641. The van der Waals surface area contributed by atoms with E-state index in [0.29, 0.717) is 5.58 Å². The molecule has 25 heavy (non-hydrogen) atoms. The molecule has 0 aliphatic carbocycles. The summed E-state index contributed by atoms with van der Waals surface area (Å²) in [5.74, 6) is -0.944. The Balaban J connectivity index is 1.80. The number of rotatable bonds is 2. The van der Waals surface area contributed by atoms with Gasteiger partial charge in [-0.15, -0.1) is 0 Å². The molecule has 0 spiro atoms. The summed E-state index contributed by atoms with van der Waals surface area (Å²) in [6.45, 7) is 0. The summed E-state index contributed by atoms with van der Waals surface area (Å²) >= 11 is 0. The van der Waals surface area contributed by atoms with Gasteiger partial charge in [-0.3, -0.25) is 4.79 Å². The lowest BCUT2D eigenvalue weighted by atomic mass is 10.1. The van der Waals surface area contributed by atoms with E-state index >= 15 is 0 Å². The first kappa shape index (κ1) is 15.1. The molecule has 0 aliphatic rings. The molecule has 4 rings (SSSR count). The molecule has 122 valence electrons. The molecule has 0 saturated carbocycles. The highest BCUT2D eigenvalue weighted by Crippen LogP contribution is 2.26. The third-order valence-corrected chi connectivity index (χ3v) is 4.00. The quantitative estimate of drug-likeness (QED) is 0.438. The molecule has 1 heterocycles. The van der Waals surface area contributed by atoms with Crippen LogP contribution in [0.5, 0.6) is 0 Å². The number of anilines is 1. The zero-order valence-corrected chi connectivity index (χ0v) is 13.0. The van der Waals surface area contributed by atoms with Crippen molar-refractivity contribution >= 4 is 33.3 Å². The first-order chi connectivity index (χ1) is 12.1. The number of benzene rings is 3. The Hall–Kier alpha value is -3.47. The van der Waals surface area contributed by atoms with Crippen LogP contribution in [0.3, 0.4) is 0 Å². The summed E-state index contributed by atoms with van der Waals surface area (Å²) in [6, 6.07) is 18.0. The molecule has 0 unspecified atom stereocenters. The zero-order chi connectivity index (χ0) is 17.4. The summed E-state index contributed by atoms with van der Waals surface area (Å²) in [7, 11) is 0. The topological polar surface area (TPSA) is 59.3 Å². The van der Waals surface area contributed by atoms with Crippen LogP contribution in [-0.2, 0) is 0 Å². The van der Waals surface area contributed by atoms with Gasteiger partial charge in [0.1, 0.15) is 17.1 Å². The second kappa shape index (κ2) is 5.87. The summed E-state index contributed by atoms with van der Waals surface area (Å²) in [5, 5.41) is 5.18. The first-order valence-corrected chi connectivity index (χ1v) is 7.64. The monoisotopic (exact) mass is 333 g/mol. The molecule has 0 bridgehead atoms. The number of hydrogen-bond acceptors (Lipinski definition) is 3. The van der Waals surface area contributed by atoms with Gasteiger partial charge in [0, 0.05) is 10.9 Å². The van der Waals surface area contributed by atoms with E-state index in [4.69, 9.17) is 4.42 Å². The number of hydrogen-bond donors (Lipinski definition) is 1. The van der Waals surface area contributed by atoms with Crippen molar-refractivity contribution in [2.45, 2.75) is 0 Å². The number of fused-ring (bicyclic) bond motifs is 3. The number of carbonyl (C=O) groups is 1. The van der Waals surface area contributed by atoms with Crippen molar-refractivity contribution in [2.75, 3.05) is 5.32 Å².